The van der Waals surface area contributed by atoms with Crippen LogP contribution in [-0.4, -0.2) is 25.7 Å². The maximum atomic E-state index is 12.1. The Labute approximate surface area is 126 Å². The molecule has 1 aromatic carbocycles. The van der Waals surface area contributed by atoms with Crippen LogP contribution in [0.15, 0.2) is 24.3 Å². The van der Waals surface area contributed by atoms with E-state index in [0.29, 0.717) is 19.8 Å². The molecule has 1 fully saturated rings. The molecular formula is C17H25NO3. The maximum absolute atomic E-state index is 12.1. The standard InChI is InChI=1S/C17H25NO3/c1-2-20-12-13-21-16-10-8-15(9-11-16)18-17(19)14-6-4-3-5-7-14/h8-11,14H,2-7,12-13H2,1H3,(H,18,19). The number of nitrogens with one attached hydrogen (secondary N) is 1. The number of carbonyl (C=O) groups is 1. The van der Waals surface area contributed by atoms with Crippen LogP contribution in [0.3, 0.4) is 0 Å². The monoisotopic (exact) mass is 291 g/mol. The van der Waals surface area contributed by atoms with E-state index in [1.807, 2.05) is 31.2 Å². The number of rotatable bonds is 7. The van der Waals surface area contributed by atoms with Crippen LogP contribution in [0.1, 0.15) is 39.0 Å². The van der Waals surface area contributed by atoms with Crippen LogP contribution in [0.5, 0.6) is 5.75 Å². The summed E-state index contributed by atoms with van der Waals surface area (Å²) in [6.45, 7) is 3.80. The highest BCUT2D eigenvalue weighted by atomic mass is 16.5. The van der Waals surface area contributed by atoms with E-state index in [1.54, 1.807) is 0 Å². The summed E-state index contributed by atoms with van der Waals surface area (Å²) in [5.74, 6) is 1.13. The number of anilines is 1. The molecule has 1 aliphatic rings. The fourth-order valence-electron chi connectivity index (χ4n) is 2.61. The van der Waals surface area contributed by atoms with E-state index in [2.05, 4.69) is 5.32 Å². The van der Waals surface area contributed by atoms with E-state index in [9.17, 15) is 4.79 Å². The SMILES string of the molecule is CCOCCOc1ccc(NC(=O)C2CCCCC2)cc1. The first kappa shape index (κ1) is 15.8. The molecule has 0 aliphatic heterocycles. The molecule has 21 heavy (non-hydrogen) atoms. The smallest absolute Gasteiger partial charge is 0.227 e. The number of amides is 1. The molecule has 0 heterocycles. The first-order valence-corrected chi connectivity index (χ1v) is 7.91. The molecule has 0 aromatic heterocycles. The first-order chi connectivity index (χ1) is 10.3. The van der Waals surface area contributed by atoms with Crippen molar-refractivity contribution in [2.24, 2.45) is 5.92 Å². The van der Waals surface area contributed by atoms with Gasteiger partial charge in [-0.15, -0.1) is 0 Å². The van der Waals surface area contributed by atoms with E-state index in [1.165, 1.54) is 19.3 Å². The van der Waals surface area contributed by atoms with Gasteiger partial charge in [0.05, 0.1) is 6.61 Å². The molecule has 1 N–H and O–H groups in total. The molecule has 4 heteroatoms. The van der Waals surface area contributed by atoms with Gasteiger partial charge in [0.15, 0.2) is 0 Å². The molecule has 2 rings (SSSR count). The zero-order chi connectivity index (χ0) is 14.9. The number of hydrogen-bond donors (Lipinski definition) is 1. The molecule has 0 unspecified atom stereocenters. The quantitative estimate of drug-likeness (QED) is 0.780. The van der Waals surface area contributed by atoms with Crippen LogP contribution < -0.4 is 10.1 Å². The molecule has 1 aromatic rings. The Hall–Kier alpha value is -1.55. The second kappa shape index (κ2) is 8.67. The molecule has 1 amide bonds. The summed E-state index contributed by atoms with van der Waals surface area (Å²) in [5, 5.41) is 3.00. The van der Waals surface area contributed by atoms with Crippen LogP contribution in [0.25, 0.3) is 0 Å². The summed E-state index contributed by atoms with van der Waals surface area (Å²) in [5.41, 5.74) is 0.836. The third kappa shape index (κ3) is 5.38. The summed E-state index contributed by atoms with van der Waals surface area (Å²) in [4.78, 5) is 12.1. The summed E-state index contributed by atoms with van der Waals surface area (Å²) in [6, 6.07) is 7.53. The van der Waals surface area contributed by atoms with Crippen molar-refractivity contribution in [2.75, 3.05) is 25.1 Å². The third-order valence-corrected chi connectivity index (χ3v) is 3.80. The van der Waals surface area contributed by atoms with E-state index < -0.39 is 0 Å². The average molecular weight is 291 g/mol. The van der Waals surface area contributed by atoms with Crippen LogP contribution in [0, 0.1) is 5.92 Å². The van der Waals surface area contributed by atoms with Gasteiger partial charge in [-0.25, -0.2) is 0 Å². The number of benzene rings is 1. The predicted octanol–water partition coefficient (Wildman–Crippen LogP) is 3.62. The maximum Gasteiger partial charge on any atom is 0.227 e. The zero-order valence-corrected chi connectivity index (χ0v) is 12.8. The lowest BCUT2D eigenvalue weighted by Crippen LogP contribution is -2.24. The zero-order valence-electron chi connectivity index (χ0n) is 12.8. The Morgan fingerprint density at radius 3 is 2.52 bits per heavy atom. The minimum Gasteiger partial charge on any atom is -0.491 e. The topological polar surface area (TPSA) is 47.6 Å². The van der Waals surface area contributed by atoms with Crippen LogP contribution in [0.4, 0.5) is 5.69 Å². The Morgan fingerprint density at radius 2 is 1.86 bits per heavy atom. The van der Waals surface area contributed by atoms with Crippen LogP contribution in [0.2, 0.25) is 0 Å². The van der Waals surface area contributed by atoms with Crippen LogP contribution in [-0.2, 0) is 9.53 Å². The van der Waals surface area contributed by atoms with E-state index in [0.717, 1.165) is 24.3 Å². The van der Waals surface area contributed by atoms with Gasteiger partial charge in [0.2, 0.25) is 5.91 Å². The van der Waals surface area contributed by atoms with Crippen molar-refractivity contribution < 1.29 is 14.3 Å². The van der Waals surface area contributed by atoms with Gasteiger partial charge in [-0.05, 0) is 44.0 Å². The molecular weight excluding hydrogens is 266 g/mol. The van der Waals surface area contributed by atoms with E-state index in [4.69, 9.17) is 9.47 Å². The first-order valence-electron chi connectivity index (χ1n) is 7.91. The van der Waals surface area contributed by atoms with Crippen molar-refractivity contribution >= 4 is 11.6 Å². The highest BCUT2D eigenvalue weighted by molar-refractivity contribution is 5.92. The Kier molecular flexibility index (Phi) is 6.54. The van der Waals surface area contributed by atoms with Crippen molar-refractivity contribution in [2.45, 2.75) is 39.0 Å². The number of hydrogen-bond acceptors (Lipinski definition) is 3. The molecule has 0 bridgehead atoms. The normalized spacial score (nSPS) is 15.7. The highest BCUT2D eigenvalue weighted by Gasteiger charge is 2.20. The fraction of sp³-hybridized carbons (Fsp3) is 0.588. The summed E-state index contributed by atoms with van der Waals surface area (Å²) in [6.07, 6.45) is 5.64. The molecule has 4 nitrogen and oxygen atoms in total. The van der Waals surface area contributed by atoms with Gasteiger partial charge in [-0.2, -0.15) is 0 Å². The Morgan fingerprint density at radius 1 is 1.14 bits per heavy atom. The predicted molar refractivity (Wildman–Crippen MR) is 83.6 cm³/mol. The third-order valence-electron chi connectivity index (χ3n) is 3.80. The Bertz CT molecular complexity index is 424. The number of ether oxygens (including phenoxy) is 2. The van der Waals surface area contributed by atoms with E-state index >= 15 is 0 Å². The molecule has 0 atom stereocenters. The summed E-state index contributed by atoms with van der Waals surface area (Å²) < 4.78 is 10.8. The van der Waals surface area contributed by atoms with Crippen molar-refractivity contribution in [3.63, 3.8) is 0 Å². The molecule has 1 saturated carbocycles. The van der Waals surface area contributed by atoms with Gasteiger partial charge in [0.25, 0.3) is 0 Å². The lowest BCUT2D eigenvalue weighted by Gasteiger charge is -2.20. The minimum absolute atomic E-state index is 0.153. The van der Waals surface area contributed by atoms with Gasteiger partial charge in [-0.1, -0.05) is 19.3 Å². The van der Waals surface area contributed by atoms with Crippen molar-refractivity contribution in [1.82, 2.24) is 0 Å². The Balaban J connectivity index is 1.77. The second-order valence-corrected chi connectivity index (χ2v) is 5.39. The minimum atomic E-state index is 0.153. The van der Waals surface area contributed by atoms with Gasteiger partial charge < -0.3 is 14.8 Å². The van der Waals surface area contributed by atoms with Gasteiger partial charge in [0, 0.05) is 18.2 Å². The van der Waals surface area contributed by atoms with Crippen LogP contribution >= 0.6 is 0 Å². The van der Waals surface area contributed by atoms with Gasteiger partial charge in [-0.3, -0.25) is 4.79 Å². The summed E-state index contributed by atoms with van der Waals surface area (Å²) >= 11 is 0. The average Bonchev–Trinajstić information content (AvgIpc) is 2.54. The molecule has 116 valence electrons. The van der Waals surface area contributed by atoms with Crippen molar-refractivity contribution in [1.29, 1.82) is 0 Å². The van der Waals surface area contributed by atoms with Crippen molar-refractivity contribution in [3.05, 3.63) is 24.3 Å². The molecule has 1 aliphatic carbocycles. The largest absolute Gasteiger partial charge is 0.491 e. The molecule has 0 radical (unpaired) electrons. The lowest BCUT2D eigenvalue weighted by molar-refractivity contribution is -0.120. The number of carbonyl (C=O) groups excluding carboxylic acids is 1. The molecule has 0 spiro atoms. The van der Waals surface area contributed by atoms with Crippen molar-refractivity contribution in [3.8, 4) is 5.75 Å². The summed E-state index contributed by atoms with van der Waals surface area (Å²) in [7, 11) is 0. The van der Waals surface area contributed by atoms with Gasteiger partial charge >= 0.3 is 0 Å². The highest BCUT2D eigenvalue weighted by Crippen LogP contribution is 2.25. The van der Waals surface area contributed by atoms with Gasteiger partial charge in [0.1, 0.15) is 12.4 Å². The lowest BCUT2D eigenvalue weighted by atomic mass is 9.88. The van der Waals surface area contributed by atoms with E-state index in [-0.39, 0.29) is 11.8 Å². The second-order valence-electron chi connectivity index (χ2n) is 5.39. The molecule has 0 saturated heterocycles. The fourth-order valence-corrected chi connectivity index (χ4v) is 2.61.